The van der Waals surface area contributed by atoms with Crippen LogP contribution >= 0.6 is 15.9 Å². The van der Waals surface area contributed by atoms with E-state index in [9.17, 15) is 13.6 Å². The maximum atomic E-state index is 13.3. The topological polar surface area (TPSA) is 38.3 Å². The molecule has 3 nitrogen and oxygen atoms in total. The van der Waals surface area contributed by atoms with Crippen LogP contribution in [-0.4, -0.2) is 13.1 Å². The molecule has 0 bridgehead atoms. The lowest BCUT2D eigenvalue weighted by Crippen LogP contribution is -2.22. The molecule has 2 aromatic rings. The molecule has 0 saturated carbocycles. The van der Waals surface area contributed by atoms with Gasteiger partial charge in [-0.05, 0) is 57.9 Å². The minimum Gasteiger partial charge on any atom is -0.467 e. The molecule has 2 aromatic carbocycles. The van der Waals surface area contributed by atoms with Gasteiger partial charge in [0.25, 0.3) is 0 Å². The Hall–Kier alpha value is -1.95. The molecule has 1 N–H and O–H groups in total. The number of esters is 1. The summed E-state index contributed by atoms with van der Waals surface area (Å²) in [6, 6.07) is 8.97. The van der Waals surface area contributed by atoms with E-state index < -0.39 is 17.8 Å². The summed E-state index contributed by atoms with van der Waals surface area (Å²) in [5.41, 5.74) is 1.08. The van der Waals surface area contributed by atoms with E-state index in [2.05, 4.69) is 21.2 Å². The van der Waals surface area contributed by atoms with Gasteiger partial charge in [0.1, 0.15) is 11.6 Å². The molecule has 0 fully saturated rings. The van der Waals surface area contributed by atoms with E-state index in [4.69, 9.17) is 4.74 Å². The molecule has 1 unspecified atom stereocenters. The highest BCUT2D eigenvalue weighted by Gasteiger charge is 2.22. The number of hydrogen-bond donors (Lipinski definition) is 1. The second-order valence-electron chi connectivity index (χ2n) is 4.28. The molecular formula is C15H12BrF2NO2. The fourth-order valence-corrected chi connectivity index (χ4v) is 2.20. The van der Waals surface area contributed by atoms with Crippen LogP contribution < -0.4 is 5.32 Å². The predicted molar refractivity (Wildman–Crippen MR) is 78.9 cm³/mol. The largest absolute Gasteiger partial charge is 0.467 e. The van der Waals surface area contributed by atoms with E-state index in [1.165, 1.54) is 49.6 Å². The van der Waals surface area contributed by atoms with Crippen LogP contribution in [0.25, 0.3) is 0 Å². The van der Waals surface area contributed by atoms with Crippen LogP contribution in [0.5, 0.6) is 0 Å². The van der Waals surface area contributed by atoms with Gasteiger partial charge < -0.3 is 10.1 Å². The molecule has 0 heterocycles. The first kappa shape index (κ1) is 15.4. The number of benzene rings is 2. The summed E-state index contributed by atoms with van der Waals surface area (Å²) in [5, 5.41) is 2.94. The number of methoxy groups -OCH3 is 1. The van der Waals surface area contributed by atoms with Crippen LogP contribution in [0.3, 0.4) is 0 Å². The Kier molecular flexibility index (Phi) is 4.90. The summed E-state index contributed by atoms with van der Waals surface area (Å²) < 4.78 is 31.2. The van der Waals surface area contributed by atoms with Crippen molar-refractivity contribution in [1.82, 2.24) is 0 Å². The monoisotopic (exact) mass is 355 g/mol. The van der Waals surface area contributed by atoms with E-state index in [0.29, 0.717) is 11.3 Å². The summed E-state index contributed by atoms with van der Waals surface area (Å²) in [4.78, 5) is 11.9. The van der Waals surface area contributed by atoms with Crippen LogP contribution in [-0.2, 0) is 9.53 Å². The number of halogens is 3. The van der Waals surface area contributed by atoms with Gasteiger partial charge in [-0.25, -0.2) is 13.6 Å². The predicted octanol–water partition coefficient (Wildman–Crippen LogP) is 4.05. The first-order valence-electron chi connectivity index (χ1n) is 6.06. The average molecular weight is 356 g/mol. The molecule has 0 saturated heterocycles. The standard InChI is InChI=1S/C15H12BrF2NO2/c1-21-15(20)14(9-2-7-13(18)12(16)8-9)19-11-5-3-10(17)4-6-11/h2-8,14,19H,1H3. The Balaban J connectivity index is 2.31. The fraction of sp³-hybridized carbons (Fsp3) is 0.133. The maximum Gasteiger partial charge on any atom is 0.332 e. The van der Waals surface area contributed by atoms with Crippen molar-refractivity contribution >= 4 is 27.6 Å². The lowest BCUT2D eigenvalue weighted by molar-refractivity contribution is -0.141. The average Bonchev–Trinajstić information content (AvgIpc) is 2.49. The fourth-order valence-electron chi connectivity index (χ4n) is 1.80. The Morgan fingerprint density at radius 3 is 2.43 bits per heavy atom. The van der Waals surface area contributed by atoms with Gasteiger partial charge in [-0.2, -0.15) is 0 Å². The number of hydrogen-bond acceptors (Lipinski definition) is 3. The number of carbonyl (C=O) groups excluding carboxylic acids is 1. The summed E-state index contributed by atoms with van der Waals surface area (Å²) in [6.07, 6.45) is 0. The number of nitrogens with one attached hydrogen (secondary N) is 1. The molecule has 110 valence electrons. The molecule has 1 atom stereocenters. The highest BCUT2D eigenvalue weighted by molar-refractivity contribution is 9.10. The maximum absolute atomic E-state index is 13.3. The normalized spacial score (nSPS) is 11.8. The minimum atomic E-state index is -0.822. The molecule has 0 aliphatic heterocycles. The quantitative estimate of drug-likeness (QED) is 0.840. The van der Waals surface area contributed by atoms with Crippen molar-refractivity contribution in [3.63, 3.8) is 0 Å². The SMILES string of the molecule is COC(=O)C(Nc1ccc(F)cc1)c1ccc(F)c(Br)c1. The van der Waals surface area contributed by atoms with Crippen LogP contribution in [0.4, 0.5) is 14.5 Å². The first-order chi connectivity index (χ1) is 10.0. The highest BCUT2D eigenvalue weighted by Crippen LogP contribution is 2.25. The molecule has 0 amide bonds. The summed E-state index contributed by atoms with van der Waals surface area (Å²) in [7, 11) is 1.26. The molecule has 0 aliphatic carbocycles. The van der Waals surface area contributed by atoms with Crippen molar-refractivity contribution < 1.29 is 18.3 Å². The second-order valence-corrected chi connectivity index (χ2v) is 5.14. The van der Waals surface area contributed by atoms with Crippen molar-refractivity contribution in [3.05, 3.63) is 64.1 Å². The Morgan fingerprint density at radius 2 is 1.86 bits per heavy atom. The van der Waals surface area contributed by atoms with E-state index in [0.717, 1.165) is 0 Å². The minimum absolute atomic E-state index is 0.245. The number of ether oxygens (including phenoxy) is 1. The van der Waals surface area contributed by atoms with E-state index in [-0.39, 0.29) is 10.3 Å². The lowest BCUT2D eigenvalue weighted by Gasteiger charge is -2.18. The third-order valence-corrected chi connectivity index (χ3v) is 3.48. The summed E-state index contributed by atoms with van der Waals surface area (Å²) in [5.74, 6) is -1.33. The van der Waals surface area contributed by atoms with Gasteiger partial charge in [0, 0.05) is 5.69 Å². The van der Waals surface area contributed by atoms with Crippen molar-refractivity contribution in [2.45, 2.75) is 6.04 Å². The Morgan fingerprint density at radius 1 is 1.19 bits per heavy atom. The van der Waals surface area contributed by atoms with E-state index in [1.807, 2.05) is 0 Å². The van der Waals surface area contributed by atoms with Crippen molar-refractivity contribution in [2.24, 2.45) is 0 Å². The number of rotatable bonds is 4. The zero-order valence-corrected chi connectivity index (χ0v) is 12.7. The first-order valence-corrected chi connectivity index (χ1v) is 6.85. The molecule has 21 heavy (non-hydrogen) atoms. The van der Waals surface area contributed by atoms with Crippen LogP contribution in [0.15, 0.2) is 46.9 Å². The van der Waals surface area contributed by atoms with Gasteiger partial charge in [0.15, 0.2) is 6.04 Å². The van der Waals surface area contributed by atoms with Gasteiger partial charge in [0.2, 0.25) is 0 Å². The second kappa shape index (κ2) is 6.67. The summed E-state index contributed by atoms with van der Waals surface area (Å²) in [6.45, 7) is 0. The smallest absolute Gasteiger partial charge is 0.332 e. The third-order valence-electron chi connectivity index (χ3n) is 2.87. The molecule has 2 rings (SSSR count). The molecule has 0 aromatic heterocycles. The summed E-state index contributed by atoms with van der Waals surface area (Å²) >= 11 is 3.08. The number of carbonyl (C=O) groups is 1. The van der Waals surface area contributed by atoms with Crippen molar-refractivity contribution in [1.29, 1.82) is 0 Å². The molecular weight excluding hydrogens is 344 g/mol. The van der Waals surface area contributed by atoms with Gasteiger partial charge in [-0.1, -0.05) is 6.07 Å². The Labute approximate surface area is 129 Å². The molecule has 0 radical (unpaired) electrons. The van der Waals surface area contributed by atoms with Gasteiger partial charge in [-0.15, -0.1) is 0 Å². The highest BCUT2D eigenvalue weighted by atomic mass is 79.9. The van der Waals surface area contributed by atoms with Crippen LogP contribution in [0, 0.1) is 11.6 Å². The van der Waals surface area contributed by atoms with Gasteiger partial charge in [-0.3, -0.25) is 0 Å². The van der Waals surface area contributed by atoms with Gasteiger partial charge >= 0.3 is 5.97 Å². The molecule has 0 spiro atoms. The van der Waals surface area contributed by atoms with Crippen molar-refractivity contribution in [2.75, 3.05) is 12.4 Å². The van der Waals surface area contributed by atoms with E-state index >= 15 is 0 Å². The zero-order chi connectivity index (χ0) is 15.4. The third kappa shape index (κ3) is 3.78. The van der Waals surface area contributed by atoms with Crippen LogP contribution in [0.1, 0.15) is 11.6 Å². The molecule has 6 heteroatoms. The lowest BCUT2D eigenvalue weighted by atomic mass is 10.1. The Bertz CT molecular complexity index is 647. The molecule has 0 aliphatic rings. The zero-order valence-electron chi connectivity index (χ0n) is 11.1. The van der Waals surface area contributed by atoms with Gasteiger partial charge in [0.05, 0.1) is 11.6 Å². The number of anilines is 1. The van der Waals surface area contributed by atoms with Crippen molar-refractivity contribution in [3.8, 4) is 0 Å². The van der Waals surface area contributed by atoms with Crippen LogP contribution in [0.2, 0.25) is 0 Å². The van der Waals surface area contributed by atoms with E-state index in [1.54, 1.807) is 0 Å².